The maximum Gasteiger partial charge on any atom is 0.337 e. The van der Waals surface area contributed by atoms with Gasteiger partial charge in [-0.05, 0) is 36.8 Å². The number of nitrogens with zero attached hydrogens (tertiary/aromatic N) is 2. The fraction of sp³-hybridized carbons (Fsp3) is 0.350. The smallest absolute Gasteiger partial charge is 0.337 e. The summed E-state index contributed by atoms with van der Waals surface area (Å²) in [6, 6.07) is 8.37. The van der Waals surface area contributed by atoms with Gasteiger partial charge in [-0.15, -0.1) is 0 Å². The number of ether oxygens (including phenoxy) is 1. The molecule has 3 rings (SSSR count). The van der Waals surface area contributed by atoms with Crippen molar-refractivity contribution in [2.75, 3.05) is 45.2 Å². The van der Waals surface area contributed by atoms with E-state index in [1.54, 1.807) is 35.2 Å². The fourth-order valence-electron chi connectivity index (χ4n) is 3.06. The number of hydrogen-bond acceptors (Lipinski definition) is 6. The Morgan fingerprint density at radius 2 is 1.89 bits per heavy atom. The second-order valence-corrected chi connectivity index (χ2v) is 6.62. The maximum absolute atomic E-state index is 12.4. The summed E-state index contributed by atoms with van der Waals surface area (Å²) in [6.45, 7) is 4.33. The molecular formula is C20H23N3O5. The van der Waals surface area contributed by atoms with Crippen LogP contribution in [-0.4, -0.2) is 67.4 Å². The molecule has 148 valence electrons. The number of esters is 1. The number of benzene rings is 1. The van der Waals surface area contributed by atoms with E-state index in [0.717, 1.165) is 5.56 Å². The van der Waals surface area contributed by atoms with Gasteiger partial charge < -0.3 is 19.4 Å². The lowest BCUT2D eigenvalue weighted by Gasteiger charge is -2.33. The number of rotatable bonds is 5. The van der Waals surface area contributed by atoms with Crippen molar-refractivity contribution in [2.45, 2.75) is 6.92 Å². The van der Waals surface area contributed by atoms with E-state index < -0.39 is 5.97 Å². The number of carbonyl (C=O) groups is 3. The summed E-state index contributed by atoms with van der Waals surface area (Å²) in [6.07, 6.45) is 1.48. The molecule has 28 heavy (non-hydrogen) atoms. The fourth-order valence-corrected chi connectivity index (χ4v) is 3.06. The first kappa shape index (κ1) is 19.6. The summed E-state index contributed by atoms with van der Waals surface area (Å²) < 4.78 is 9.87. The normalized spacial score (nSPS) is 14.6. The Hall–Kier alpha value is -3.13. The molecule has 0 aliphatic carbocycles. The Morgan fingerprint density at radius 3 is 2.54 bits per heavy atom. The molecule has 8 heteroatoms. The summed E-state index contributed by atoms with van der Waals surface area (Å²) in [7, 11) is 1.32. The van der Waals surface area contributed by atoms with Gasteiger partial charge in [0.05, 0.1) is 25.5 Å². The van der Waals surface area contributed by atoms with Crippen LogP contribution >= 0.6 is 0 Å². The first-order valence-electron chi connectivity index (χ1n) is 9.02. The van der Waals surface area contributed by atoms with Crippen molar-refractivity contribution in [3.63, 3.8) is 0 Å². The molecule has 2 aromatic rings. The predicted molar refractivity (Wildman–Crippen MR) is 102 cm³/mol. The van der Waals surface area contributed by atoms with E-state index in [1.807, 2.05) is 11.8 Å². The molecule has 2 amide bonds. The third-order valence-electron chi connectivity index (χ3n) is 4.69. The first-order valence-corrected chi connectivity index (χ1v) is 9.02. The summed E-state index contributed by atoms with van der Waals surface area (Å²) in [4.78, 5) is 40.1. The quantitative estimate of drug-likeness (QED) is 0.789. The third-order valence-corrected chi connectivity index (χ3v) is 4.69. The molecule has 0 atom stereocenters. The van der Waals surface area contributed by atoms with Crippen molar-refractivity contribution < 1.29 is 23.5 Å². The minimum Gasteiger partial charge on any atom is -0.465 e. The van der Waals surface area contributed by atoms with Gasteiger partial charge in [0.2, 0.25) is 5.91 Å². The monoisotopic (exact) mass is 385 g/mol. The van der Waals surface area contributed by atoms with Crippen LogP contribution in [0.4, 0.5) is 5.69 Å². The Morgan fingerprint density at radius 1 is 1.14 bits per heavy atom. The topological polar surface area (TPSA) is 92.1 Å². The zero-order valence-electron chi connectivity index (χ0n) is 15.9. The molecule has 2 heterocycles. The number of furan rings is 1. The lowest BCUT2D eigenvalue weighted by atomic mass is 10.1. The summed E-state index contributed by atoms with van der Waals surface area (Å²) in [5, 5.41) is 2.85. The number of piperazine rings is 1. The second-order valence-electron chi connectivity index (χ2n) is 6.62. The molecule has 0 radical (unpaired) electrons. The van der Waals surface area contributed by atoms with Crippen molar-refractivity contribution >= 4 is 23.5 Å². The average Bonchev–Trinajstić information content (AvgIpc) is 3.24. The molecule has 1 aliphatic rings. The van der Waals surface area contributed by atoms with Crippen LogP contribution in [0.2, 0.25) is 0 Å². The highest BCUT2D eigenvalue weighted by Gasteiger charge is 2.24. The number of hydrogen-bond donors (Lipinski definition) is 1. The largest absolute Gasteiger partial charge is 0.465 e. The van der Waals surface area contributed by atoms with Gasteiger partial charge in [0, 0.05) is 31.9 Å². The molecule has 0 saturated carbocycles. The van der Waals surface area contributed by atoms with Crippen molar-refractivity contribution in [2.24, 2.45) is 0 Å². The van der Waals surface area contributed by atoms with Crippen molar-refractivity contribution in [3.05, 3.63) is 53.5 Å². The Balaban J connectivity index is 1.52. The number of amides is 2. The maximum atomic E-state index is 12.4. The molecule has 1 aromatic heterocycles. The molecule has 1 aromatic carbocycles. The van der Waals surface area contributed by atoms with Gasteiger partial charge in [0.15, 0.2) is 5.76 Å². The van der Waals surface area contributed by atoms with E-state index in [4.69, 9.17) is 9.15 Å². The van der Waals surface area contributed by atoms with Crippen molar-refractivity contribution in [1.29, 1.82) is 0 Å². The Bertz CT molecular complexity index is 855. The molecular weight excluding hydrogens is 362 g/mol. The predicted octanol–water partition coefficient (Wildman–Crippen LogP) is 1.77. The van der Waals surface area contributed by atoms with Crippen LogP contribution < -0.4 is 5.32 Å². The van der Waals surface area contributed by atoms with Crippen LogP contribution in [0.1, 0.15) is 26.5 Å². The minimum absolute atomic E-state index is 0.135. The van der Waals surface area contributed by atoms with Gasteiger partial charge in [-0.25, -0.2) is 4.79 Å². The Labute approximate surface area is 163 Å². The highest BCUT2D eigenvalue weighted by molar-refractivity contribution is 5.96. The molecule has 1 N–H and O–H groups in total. The number of aryl methyl sites for hydroxylation is 1. The van der Waals surface area contributed by atoms with E-state index in [1.165, 1.54) is 13.4 Å². The van der Waals surface area contributed by atoms with Crippen LogP contribution in [-0.2, 0) is 9.53 Å². The molecule has 0 unspecified atom stereocenters. The highest BCUT2D eigenvalue weighted by atomic mass is 16.5. The summed E-state index contributed by atoms with van der Waals surface area (Å²) in [5.74, 6) is -0.430. The molecule has 1 fully saturated rings. The van der Waals surface area contributed by atoms with E-state index in [9.17, 15) is 14.4 Å². The summed E-state index contributed by atoms with van der Waals surface area (Å²) in [5.41, 5.74) is 1.82. The lowest BCUT2D eigenvalue weighted by molar-refractivity contribution is -0.117. The molecule has 1 aliphatic heterocycles. The van der Waals surface area contributed by atoms with Gasteiger partial charge in [0.25, 0.3) is 5.91 Å². The van der Waals surface area contributed by atoms with E-state index in [0.29, 0.717) is 43.2 Å². The number of carbonyl (C=O) groups excluding carboxylic acids is 3. The van der Waals surface area contributed by atoms with Gasteiger partial charge >= 0.3 is 5.97 Å². The number of nitrogens with one attached hydrogen (secondary N) is 1. The van der Waals surface area contributed by atoms with Crippen LogP contribution in [0.15, 0.2) is 41.0 Å². The molecule has 1 saturated heterocycles. The van der Waals surface area contributed by atoms with Crippen molar-refractivity contribution in [3.8, 4) is 0 Å². The molecule has 0 bridgehead atoms. The van der Waals surface area contributed by atoms with Gasteiger partial charge in [0.1, 0.15) is 0 Å². The third kappa shape index (κ3) is 4.58. The van der Waals surface area contributed by atoms with Crippen LogP contribution in [0.5, 0.6) is 0 Å². The lowest BCUT2D eigenvalue weighted by Crippen LogP contribution is -2.50. The van der Waals surface area contributed by atoms with Gasteiger partial charge in [-0.3, -0.25) is 14.5 Å². The van der Waals surface area contributed by atoms with E-state index in [2.05, 4.69) is 5.32 Å². The molecule has 0 spiro atoms. The SMILES string of the molecule is COC(=O)c1ccc(C)c(NC(=O)CN2CCN(C(=O)c3ccco3)CC2)c1. The van der Waals surface area contributed by atoms with Crippen LogP contribution in [0, 0.1) is 6.92 Å². The molecule has 8 nitrogen and oxygen atoms in total. The standard InChI is InChI=1S/C20H23N3O5/c1-14-5-6-15(20(26)27-2)12-16(14)21-18(24)13-22-7-9-23(10-8-22)19(25)17-4-3-11-28-17/h3-6,11-12H,7-10,13H2,1-2H3,(H,21,24). The van der Waals surface area contributed by atoms with Crippen LogP contribution in [0.3, 0.4) is 0 Å². The average molecular weight is 385 g/mol. The summed E-state index contributed by atoms with van der Waals surface area (Å²) >= 11 is 0. The zero-order valence-corrected chi connectivity index (χ0v) is 15.9. The minimum atomic E-state index is -0.451. The highest BCUT2D eigenvalue weighted by Crippen LogP contribution is 2.18. The van der Waals surface area contributed by atoms with Gasteiger partial charge in [-0.2, -0.15) is 0 Å². The van der Waals surface area contributed by atoms with Crippen molar-refractivity contribution in [1.82, 2.24) is 9.80 Å². The first-order chi connectivity index (χ1) is 13.5. The number of anilines is 1. The van der Waals surface area contributed by atoms with E-state index in [-0.39, 0.29) is 18.4 Å². The Kier molecular flexibility index (Phi) is 6.10. The number of methoxy groups -OCH3 is 1. The second kappa shape index (κ2) is 8.71. The van der Waals surface area contributed by atoms with Gasteiger partial charge in [-0.1, -0.05) is 6.07 Å². The zero-order chi connectivity index (χ0) is 20.1. The van der Waals surface area contributed by atoms with Crippen LogP contribution in [0.25, 0.3) is 0 Å². The van der Waals surface area contributed by atoms with E-state index >= 15 is 0 Å².